The molecule has 0 N–H and O–H groups in total. The first kappa shape index (κ1) is 6.83. The number of rotatable bonds is 2. The van der Waals surface area contributed by atoms with Crippen LogP contribution in [0.4, 0.5) is 0 Å². The molecule has 1 aliphatic rings. The predicted octanol–water partition coefficient (Wildman–Crippen LogP) is 1.74. The minimum absolute atomic E-state index is 0.454. The first-order valence-electron chi connectivity index (χ1n) is 4.18. The molecule has 0 unspecified atom stereocenters. The van der Waals surface area contributed by atoms with Crippen molar-refractivity contribution in [3.63, 3.8) is 0 Å². The predicted molar refractivity (Wildman–Crippen MR) is 42.4 cm³/mol. The first-order valence-corrected chi connectivity index (χ1v) is 4.18. The average molecular weight is 151 g/mol. The van der Waals surface area contributed by atoms with Crippen molar-refractivity contribution in [1.82, 2.24) is 14.8 Å². The van der Waals surface area contributed by atoms with E-state index in [0.717, 1.165) is 5.82 Å². The molecule has 1 aromatic heterocycles. The van der Waals surface area contributed by atoms with Crippen molar-refractivity contribution in [3.05, 3.63) is 12.2 Å². The van der Waals surface area contributed by atoms with Gasteiger partial charge in [0.15, 0.2) is 5.82 Å². The van der Waals surface area contributed by atoms with Crippen molar-refractivity contribution in [2.75, 3.05) is 0 Å². The molecule has 11 heavy (non-hydrogen) atoms. The van der Waals surface area contributed by atoms with Crippen LogP contribution in [-0.2, 0) is 0 Å². The Morgan fingerprint density at radius 1 is 1.55 bits per heavy atom. The van der Waals surface area contributed by atoms with E-state index in [4.69, 9.17) is 0 Å². The highest BCUT2D eigenvalue weighted by Gasteiger charge is 2.24. The van der Waals surface area contributed by atoms with Gasteiger partial charge in [-0.1, -0.05) is 13.8 Å². The second-order valence-corrected chi connectivity index (χ2v) is 3.47. The highest BCUT2D eigenvalue weighted by atomic mass is 15.4. The van der Waals surface area contributed by atoms with Crippen LogP contribution in [0.1, 0.15) is 44.5 Å². The zero-order valence-electron chi connectivity index (χ0n) is 6.99. The number of hydrogen-bond donors (Lipinski definition) is 0. The lowest BCUT2D eigenvalue weighted by molar-refractivity contribution is 0.620. The molecule has 1 saturated carbocycles. The molecule has 0 saturated heterocycles. The minimum atomic E-state index is 0.454. The second kappa shape index (κ2) is 2.32. The Morgan fingerprint density at radius 2 is 2.27 bits per heavy atom. The Balaban J connectivity index is 2.18. The molecule has 0 atom stereocenters. The molecule has 0 radical (unpaired) electrons. The summed E-state index contributed by atoms with van der Waals surface area (Å²) >= 11 is 0. The lowest BCUT2D eigenvalue weighted by Gasteiger charge is -1.96. The fourth-order valence-electron chi connectivity index (χ4n) is 1.07. The van der Waals surface area contributed by atoms with Gasteiger partial charge in [-0.2, -0.15) is 5.10 Å². The van der Waals surface area contributed by atoms with Gasteiger partial charge >= 0.3 is 0 Å². The smallest absolute Gasteiger partial charge is 0.153 e. The quantitative estimate of drug-likeness (QED) is 0.644. The molecule has 0 bridgehead atoms. The summed E-state index contributed by atoms with van der Waals surface area (Å²) < 4.78 is 2.00. The summed E-state index contributed by atoms with van der Waals surface area (Å²) in [5, 5.41) is 4.38. The first-order chi connectivity index (χ1) is 5.27. The lowest BCUT2D eigenvalue weighted by Crippen LogP contribution is -1.96. The molecule has 0 amide bonds. The summed E-state index contributed by atoms with van der Waals surface area (Å²) in [5.41, 5.74) is 0. The van der Waals surface area contributed by atoms with Gasteiger partial charge in [-0.3, -0.25) is 0 Å². The maximum Gasteiger partial charge on any atom is 0.153 e. The summed E-state index contributed by atoms with van der Waals surface area (Å²) in [6, 6.07) is 0.662. The normalized spacial score (nSPS) is 17.7. The Hall–Kier alpha value is -0.860. The monoisotopic (exact) mass is 151 g/mol. The van der Waals surface area contributed by atoms with E-state index in [2.05, 4.69) is 23.9 Å². The van der Waals surface area contributed by atoms with Crippen LogP contribution in [0.5, 0.6) is 0 Å². The fraction of sp³-hybridized carbons (Fsp3) is 0.750. The van der Waals surface area contributed by atoms with E-state index in [1.54, 1.807) is 0 Å². The summed E-state index contributed by atoms with van der Waals surface area (Å²) in [5.74, 6) is 1.42. The molecule has 1 fully saturated rings. The standard InChI is InChI=1S/C8H13N3/c1-6(2)8-9-5-11(10-8)7-3-4-7/h5-7H,3-4H2,1-2H3. The third-order valence-electron chi connectivity index (χ3n) is 1.96. The van der Waals surface area contributed by atoms with Gasteiger partial charge in [0.25, 0.3) is 0 Å². The summed E-state index contributed by atoms with van der Waals surface area (Å²) in [4.78, 5) is 4.23. The molecule has 60 valence electrons. The zero-order chi connectivity index (χ0) is 7.84. The van der Waals surface area contributed by atoms with Crippen molar-refractivity contribution < 1.29 is 0 Å². The van der Waals surface area contributed by atoms with Crippen LogP contribution < -0.4 is 0 Å². The van der Waals surface area contributed by atoms with E-state index in [0.29, 0.717) is 12.0 Å². The SMILES string of the molecule is CC(C)c1ncn(C2CC2)n1. The van der Waals surface area contributed by atoms with Crippen molar-refractivity contribution in [2.24, 2.45) is 0 Å². The van der Waals surface area contributed by atoms with E-state index in [9.17, 15) is 0 Å². The van der Waals surface area contributed by atoms with E-state index in [1.165, 1.54) is 12.8 Å². The van der Waals surface area contributed by atoms with E-state index in [1.807, 2.05) is 11.0 Å². The molecule has 1 aromatic rings. The Morgan fingerprint density at radius 3 is 2.73 bits per heavy atom. The number of nitrogens with zero attached hydrogens (tertiary/aromatic N) is 3. The minimum Gasteiger partial charge on any atom is -0.250 e. The summed E-state index contributed by atoms with van der Waals surface area (Å²) in [6.07, 6.45) is 4.41. The topological polar surface area (TPSA) is 30.7 Å². The molecular formula is C8H13N3. The zero-order valence-corrected chi connectivity index (χ0v) is 6.99. The largest absolute Gasteiger partial charge is 0.250 e. The van der Waals surface area contributed by atoms with Crippen LogP contribution in [0.3, 0.4) is 0 Å². The van der Waals surface area contributed by atoms with Gasteiger partial charge in [-0.15, -0.1) is 0 Å². The van der Waals surface area contributed by atoms with E-state index < -0.39 is 0 Å². The number of aromatic nitrogens is 3. The van der Waals surface area contributed by atoms with Crippen molar-refractivity contribution in [3.8, 4) is 0 Å². The Kier molecular flexibility index (Phi) is 1.44. The average Bonchev–Trinajstić information content (AvgIpc) is 2.68. The molecule has 1 aliphatic carbocycles. The van der Waals surface area contributed by atoms with Crippen LogP contribution in [0.15, 0.2) is 6.33 Å². The third-order valence-corrected chi connectivity index (χ3v) is 1.96. The van der Waals surface area contributed by atoms with Crippen molar-refractivity contribution >= 4 is 0 Å². The van der Waals surface area contributed by atoms with Gasteiger partial charge in [0.1, 0.15) is 6.33 Å². The highest BCUT2D eigenvalue weighted by molar-refractivity contribution is 4.91. The highest BCUT2D eigenvalue weighted by Crippen LogP contribution is 2.33. The molecule has 1 heterocycles. The molecule has 0 spiro atoms. The van der Waals surface area contributed by atoms with Gasteiger partial charge in [-0.25, -0.2) is 9.67 Å². The van der Waals surface area contributed by atoms with Gasteiger partial charge in [-0.05, 0) is 12.8 Å². The van der Waals surface area contributed by atoms with Crippen LogP contribution in [0, 0.1) is 0 Å². The van der Waals surface area contributed by atoms with Gasteiger partial charge in [0.2, 0.25) is 0 Å². The Labute approximate surface area is 66.4 Å². The molecule has 3 nitrogen and oxygen atoms in total. The van der Waals surface area contributed by atoms with Gasteiger partial charge < -0.3 is 0 Å². The number of hydrogen-bond acceptors (Lipinski definition) is 2. The van der Waals surface area contributed by atoms with Crippen molar-refractivity contribution in [2.45, 2.75) is 38.6 Å². The van der Waals surface area contributed by atoms with E-state index in [-0.39, 0.29) is 0 Å². The molecular weight excluding hydrogens is 138 g/mol. The lowest BCUT2D eigenvalue weighted by atomic mass is 10.2. The van der Waals surface area contributed by atoms with Crippen LogP contribution in [0.25, 0.3) is 0 Å². The Bertz CT molecular complexity index is 231. The maximum absolute atomic E-state index is 4.38. The molecule has 3 heteroatoms. The maximum atomic E-state index is 4.38. The third kappa shape index (κ3) is 1.27. The summed E-state index contributed by atoms with van der Waals surface area (Å²) in [6.45, 7) is 4.24. The molecule has 0 aromatic carbocycles. The van der Waals surface area contributed by atoms with Crippen molar-refractivity contribution in [1.29, 1.82) is 0 Å². The summed E-state index contributed by atoms with van der Waals surface area (Å²) in [7, 11) is 0. The van der Waals surface area contributed by atoms with Gasteiger partial charge in [0, 0.05) is 5.92 Å². The van der Waals surface area contributed by atoms with Gasteiger partial charge in [0.05, 0.1) is 6.04 Å². The fourth-order valence-corrected chi connectivity index (χ4v) is 1.07. The van der Waals surface area contributed by atoms with E-state index >= 15 is 0 Å². The second-order valence-electron chi connectivity index (χ2n) is 3.47. The van der Waals surface area contributed by atoms with Crippen LogP contribution in [0.2, 0.25) is 0 Å². The van der Waals surface area contributed by atoms with Crippen LogP contribution >= 0.6 is 0 Å². The molecule has 0 aliphatic heterocycles. The molecule has 2 rings (SSSR count). The van der Waals surface area contributed by atoms with Crippen LogP contribution in [-0.4, -0.2) is 14.8 Å².